The standard InChI is InChI=1S/C25H19NO7S/c1-14-7-9-16(34(2,31)32)12-20(14)25(30)33-13-22(27)26-15-8-10-19-21(11-15)24(29)18-6-4-3-5-17(18)23(19)28/h3-12H,13H2,1-2H3,(H,26,27). The van der Waals surface area contributed by atoms with E-state index in [1.165, 1.54) is 36.4 Å². The molecule has 0 heterocycles. The van der Waals surface area contributed by atoms with Crippen molar-refractivity contribution in [3.63, 3.8) is 0 Å². The third-order valence-corrected chi connectivity index (χ3v) is 6.51. The number of amides is 1. The van der Waals surface area contributed by atoms with E-state index < -0.39 is 28.3 Å². The highest BCUT2D eigenvalue weighted by Crippen LogP contribution is 2.29. The molecule has 0 unspecified atom stereocenters. The van der Waals surface area contributed by atoms with E-state index in [0.29, 0.717) is 16.7 Å². The first-order chi connectivity index (χ1) is 16.1. The number of fused-ring (bicyclic) bond motifs is 2. The number of ether oxygens (including phenoxy) is 1. The van der Waals surface area contributed by atoms with Crippen LogP contribution in [0.3, 0.4) is 0 Å². The third kappa shape index (κ3) is 4.38. The number of esters is 1. The highest BCUT2D eigenvalue weighted by molar-refractivity contribution is 7.90. The van der Waals surface area contributed by atoms with Crippen LogP contribution in [0.15, 0.2) is 65.6 Å². The molecule has 1 amide bonds. The second-order valence-corrected chi connectivity index (χ2v) is 9.85. The van der Waals surface area contributed by atoms with Crippen molar-refractivity contribution >= 4 is 39.0 Å². The van der Waals surface area contributed by atoms with E-state index in [1.807, 2.05) is 0 Å². The van der Waals surface area contributed by atoms with Gasteiger partial charge in [0, 0.05) is 34.2 Å². The summed E-state index contributed by atoms with van der Waals surface area (Å²) in [4.78, 5) is 50.2. The van der Waals surface area contributed by atoms with E-state index in [9.17, 15) is 27.6 Å². The minimum Gasteiger partial charge on any atom is -0.452 e. The number of hydrogen-bond donors (Lipinski definition) is 1. The third-order valence-electron chi connectivity index (χ3n) is 5.40. The van der Waals surface area contributed by atoms with Gasteiger partial charge in [-0.1, -0.05) is 30.3 Å². The number of anilines is 1. The first kappa shape index (κ1) is 23.1. The Balaban J connectivity index is 1.46. The van der Waals surface area contributed by atoms with Gasteiger partial charge in [0.2, 0.25) is 0 Å². The van der Waals surface area contributed by atoms with Crippen LogP contribution >= 0.6 is 0 Å². The topological polar surface area (TPSA) is 124 Å². The summed E-state index contributed by atoms with van der Waals surface area (Å²) in [5, 5.41) is 2.53. The first-order valence-electron chi connectivity index (χ1n) is 10.2. The van der Waals surface area contributed by atoms with Crippen molar-refractivity contribution in [2.24, 2.45) is 0 Å². The molecule has 0 spiro atoms. The van der Waals surface area contributed by atoms with Gasteiger partial charge in [0.25, 0.3) is 5.91 Å². The van der Waals surface area contributed by atoms with E-state index in [1.54, 1.807) is 31.2 Å². The normalized spacial score (nSPS) is 12.5. The molecule has 1 aliphatic rings. The van der Waals surface area contributed by atoms with Crippen molar-refractivity contribution in [2.45, 2.75) is 11.8 Å². The molecule has 1 N–H and O–H groups in total. The average molecular weight is 477 g/mol. The molecule has 4 rings (SSSR count). The van der Waals surface area contributed by atoms with Crippen molar-refractivity contribution in [1.82, 2.24) is 0 Å². The van der Waals surface area contributed by atoms with Gasteiger partial charge in [0.15, 0.2) is 28.0 Å². The Labute approximate surface area is 195 Å². The number of nitrogens with one attached hydrogen (secondary N) is 1. The molecular formula is C25H19NO7S. The Morgan fingerprint density at radius 3 is 2.12 bits per heavy atom. The lowest BCUT2D eigenvalue weighted by Crippen LogP contribution is -2.23. The summed E-state index contributed by atoms with van der Waals surface area (Å²) < 4.78 is 28.5. The van der Waals surface area contributed by atoms with Crippen LogP contribution in [0.1, 0.15) is 47.8 Å². The summed E-state index contributed by atoms with van der Waals surface area (Å²) in [7, 11) is -3.52. The van der Waals surface area contributed by atoms with Gasteiger partial charge in [0.1, 0.15) is 0 Å². The Hall–Kier alpha value is -4.11. The van der Waals surface area contributed by atoms with Gasteiger partial charge in [-0.2, -0.15) is 0 Å². The maximum absolute atomic E-state index is 12.8. The lowest BCUT2D eigenvalue weighted by molar-refractivity contribution is -0.119. The fourth-order valence-corrected chi connectivity index (χ4v) is 4.28. The molecule has 0 radical (unpaired) electrons. The highest BCUT2D eigenvalue weighted by atomic mass is 32.2. The minimum absolute atomic E-state index is 0.0345. The highest BCUT2D eigenvalue weighted by Gasteiger charge is 2.29. The largest absolute Gasteiger partial charge is 0.452 e. The zero-order chi connectivity index (χ0) is 24.6. The van der Waals surface area contributed by atoms with E-state index in [-0.39, 0.29) is 38.8 Å². The molecular weight excluding hydrogens is 458 g/mol. The molecule has 3 aromatic rings. The minimum atomic E-state index is -3.52. The quantitative estimate of drug-likeness (QED) is 0.438. The molecule has 0 bridgehead atoms. The molecule has 34 heavy (non-hydrogen) atoms. The molecule has 1 aliphatic carbocycles. The van der Waals surface area contributed by atoms with E-state index in [2.05, 4.69) is 5.32 Å². The lowest BCUT2D eigenvalue weighted by atomic mass is 9.84. The van der Waals surface area contributed by atoms with Crippen LogP contribution in [0.25, 0.3) is 0 Å². The van der Waals surface area contributed by atoms with Gasteiger partial charge in [-0.25, -0.2) is 13.2 Å². The summed E-state index contributed by atoms with van der Waals surface area (Å²) in [6.45, 7) is 0.987. The Morgan fingerprint density at radius 1 is 0.853 bits per heavy atom. The number of rotatable bonds is 5. The lowest BCUT2D eigenvalue weighted by Gasteiger charge is -2.18. The summed E-state index contributed by atoms with van der Waals surface area (Å²) in [6, 6.07) is 14.9. The number of carbonyl (C=O) groups is 4. The van der Waals surface area contributed by atoms with Gasteiger partial charge in [-0.05, 0) is 42.8 Å². The predicted molar refractivity (Wildman–Crippen MR) is 123 cm³/mol. The van der Waals surface area contributed by atoms with Crippen molar-refractivity contribution in [3.05, 3.63) is 94.0 Å². The number of hydrogen-bond acceptors (Lipinski definition) is 7. The molecule has 3 aromatic carbocycles. The van der Waals surface area contributed by atoms with Crippen LogP contribution in [0.2, 0.25) is 0 Å². The van der Waals surface area contributed by atoms with E-state index in [0.717, 1.165) is 6.26 Å². The number of aryl methyl sites for hydroxylation is 1. The predicted octanol–water partition coefficient (Wildman–Crippen LogP) is 2.97. The van der Waals surface area contributed by atoms with Crippen molar-refractivity contribution < 1.29 is 32.3 Å². The van der Waals surface area contributed by atoms with Crippen LogP contribution in [0.5, 0.6) is 0 Å². The number of benzene rings is 3. The average Bonchev–Trinajstić information content (AvgIpc) is 2.80. The van der Waals surface area contributed by atoms with Crippen LogP contribution in [0.4, 0.5) is 5.69 Å². The molecule has 172 valence electrons. The van der Waals surface area contributed by atoms with Crippen molar-refractivity contribution in [2.75, 3.05) is 18.2 Å². The zero-order valence-electron chi connectivity index (χ0n) is 18.2. The monoisotopic (exact) mass is 477 g/mol. The maximum Gasteiger partial charge on any atom is 0.338 e. The summed E-state index contributed by atoms with van der Waals surface area (Å²) in [6.07, 6.45) is 1.02. The SMILES string of the molecule is Cc1ccc(S(C)(=O)=O)cc1C(=O)OCC(=O)Nc1ccc2c(c1)C(=O)c1ccccc1C2=O. The first-order valence-corrected chi connectivity index (χ1v) is 12.1. The summed E-state index contributed by atoms with van der Waals surface area (Å²) in [5.74, 6) is -2.11. The van der Waals surface area contributed by atoms with Gasteiger partial charge >= 0.3 is 5.97 Å². The fraction of sp³-hybridized carbons (Fsp3) is 0.120. The Kier molecular flexibility index (Phi) is 5.89. The van der Waals surface area contributed by atoms with Crippen LogP contribution in [0, 0.1) is 6.92 Å². The van der Waals surface area contributed by atoms with Crippen molar-refractivity contribution in [3.8, 4) is 0 Å². The van der Waals surface area contributed by atoms with Gasteiger partial charge < -0.3 is 10.1 Å². The molecule has 0 saturated carbocycles. The number of ketones is 2. The van der Waals surface area contributed by atoms with Gasteiger partial charge in [-0.3, -0.25) is 14.4 Å². The second-order valence-electron chi connectivity index (χ2n) is 7.84. The van der Waals surface area contributed by atoms with Crippen LogP contribution < -0.4 is 5.32 Å². The second kappa shape index (κ2) is 8.68. The summed E-state index contributed by atoms with van der Waals surface area (Å²) in [5.41, 5.74) is 1.84. The molecule has 8 nitrogen and oxygen atoms in total. The molecule has 0 aliphatic heterocycles. The number of sulfone groups is 1. The maximum atomic E-state index is 12.8. The van der Waals surface area contributed by atoms with Crippen LogP contribution in [-0.4, -0.2) is 44.7 Å². The Morgan fingerprint density at radius 2 is 1.47 bits per heavy atom. The molecule has 0 fully saturated rings. The molecule has 9 heteroatoms. The molecule has 0 aromatic heterocycles. The van der Waals surface area contributed by atoms with Gasteiger partial charge in [-0.15, -0.1) is 0 Å². The fourth-order valence-electron chi connectivity index (χ4n) is 3.63. The van der Waals surface area contributed by atoms with Crippen LogP contribution in [-0.2, 0) is 19.4 Å². The molecule has 0 saturated heterocycles. The van der Waals surface area contributed by atoms with E-state index in [4.69, 9.17) is 4.74 Å². The van der Waals surface area contributed by atoms with E-state index >= 15 is 0 Å². The zero-order valence-corrected chi connectivity index (χ0v) is 19.1. The van der Waals surface area contributed by atoms with Gasteiger partial charge in [0.05, 0.1) is 10.5 Å². The Bertz CT molecular complexity index is 1490. The number of carbonyl (C=O) groups excluding carboxylic acids is 4. The van der Waals surface area contributed by atoms with Crippen molar-refractivity contribution in [1.29, 1.82) is 0 Å². The smallest absolute Gasteiger partial charge is 0.338 e. The summed E-state index contributed by atoms with van der Waals surface area (Å²) >= 11 is 0. The molecule has 0 atom stereocenters.